The van der Waals surface area contributed by atoms with Crippen LogP contribution in [0.4, 0.5) is 11.5 Å². The molecule has 0 atom stereocenters. The fourth-order valence-electron chi connectivity index (χ4n) is 0.696. The van der Waals surface area contributed by atoms with Crippen LogP contribution in [0.1, 0.15) is 13.3 Å². The minimum atomic E-state index is 0.228. The van der Waals surface area contributed by atoms with E-state index in [1.54, 1.807) is 0 Å². The number of thioether (sulfide) groups is 1. The molecule has 0 aliphatic rings. The lowest BCUT2D eigenvalue weighted by Gasteiger charge is -2.03. The normalized spacial score (nSPS) is 10.3. The zero-order valence-electron chi connectivity index (χ0n) is 7.25. The fraction of sp³-hybridized carbons (Fsp3) is 0.429. The van der Waals surface area contributed by atoms with Gasteiger partial charge in [-0.05, 0) is 6.42 Å². The van der Waals surface area contributed by atoms with Crippen molar-refractivity contribution < 1.29 is 0 Å². The summed E-state index contributed by atoms with van der Waals surface area (Å²) in [7, 11) is 0. The number of rotatable bonds is 3. The van der Waals surface area contributed by atoms with Gasteiger partial charge in [-0.25, -0.2) is 9.97 Å². The Hall–Kier alpha value is -0.680. The summed E-state index contributed by atoms with van der Waals surface area (Å²) in [4.78, 5) is 7.97. The van der Waals surface area contributed by atoms with Gasteiger partial charge < -0.3 is 11.5 Å². The molecule has 72 valence electrons. The lowest BCUT2D eigenvalue weighted by atomic mass is 10.5. The fourth-order valence-corrected chi connectivity index (χ4v) is 1.63. The summed E-state index contributed by atoms with van der Waals surface area (Å²) >= 11 is 7.24. The second-order valence-corrected chi connectivity index (χ2v) is 3.86. The molecule has 13 heavy (non-hydrogen) atoms. The molecule has 0 bridgehead atoms. The van der Waals surface area contributed by atoms with E-state index in [4.69, 9.17) is 23.1 Å². The van der Waals surface area contributed by atoms with Crippen LogP contribution in [0.5, 0.6) is 0 Å². The summed E-state index contributed by atoms with van der Waals surface area (Å²) in [6.45, 7) is 2.08. The van der Waals surface area contributed by atoms with Gasteiger partial charge in [-0.2, -0.15) is 0 Å². The van der Waals surface area contributed by atoms with Crippen LogP contribution in [0.15, 0.2) is 5.16 Å². The molecular formula is C7H11ClN4S. The van der Waals surface area contributed by atoms with Crippen molar-refractivity contribution in [3.8, 4) is 0 Å². The van der Waals surface area contributed by atoms with E-state index in [0.717, 1.165) is 12.2 Å². The molecule has 0 saturated carbocycles. The molecule has 0 saturated heterocycles. The molecule has 4 nitrogen and oxygen atoms in total. The minimum absolute atomic E-state index is 0.228. The molecule has 0 aliphatic carbocycles. The molecule has 1 aromatic rings. The third-order valence-corrected chi connectivity index (χ3v) is 2.68. The van der Waals surface area contributed by atoms with E-state index in [-0.39, 0.29) is 16.7 Å². The van der Waals surface area contributed by atoms with Gasteiger partial charge in [-0.3, -0.25) is 0 Å². The number of nitrogens with zero attached hydrogens (tertiary/aromatic N) is 2. The first-order valence-corrected chi connectivity index (χ1v) is 5.22. The second-order valence-electron chi connectivity index (χ2n) is 2.44. The van der Waals surface area contributed by atoms with Crippen molar-refractivity contribution in [2.24, 2.45) is 0 Å². The van der Waals surface area contributed by atoms with Crippen LogP contribution in [0.2, 0.25) is 5.15 Å². The van der Waals surface area contributed by atoms with E-state index in [1.807, 2.05) is 0 Å². The summed E-state index contributed by atoms with van der Waals surface area (Å²) in [6, 6.07) is 0. The molecule has 4 N–H and O–H groups in total. The van der Waals surface area contributed by atoms with Gasteiger partial charge in [0.2, 0.25) is 0 Å². The van der Waals surface area contributed by atoms with Gasteiger partial charge in [0.15, 0.2) is 16.1 Å². The maximum absolute atomic E-state index is 5.73. The van der Waals surface area contributed by atoms with E-state index >= 15 is 0 Å². The Balaban J connectivity index is 2.86. The van der Waals surface area contributed by atoms with Gasteiger partial charge in [-0.1, -0.05) is 30.3 Å². The molecule has 1 aromatic heterocycles. The summed E-state index contributed by atoms with van der Waals surface area (Å²) in [5.41, 5.74) is 11.3. The molecule has 0 fully saturated rings. The first kappa shape index (κ1) is 10.4. The van der Waals surface area contributed by atoms with Crippen LogP contribution in [-0.4, -0.2) is 15.7 Å². The lowest BCUT2D eigenvalue weighted by molar-refractivity contribution is 0.973. The Morgan fingerprint density at radius 1 is 1.38 bits per heavy atom. The van der Waals surface area contributed by atoms with E-state index in [9.17, 15) is 0 Å². The zero-order chi connectivity index (χ0) is 9.84. The Kier molecular flexibility index (Phi) is 3.62. The standard InChI is InChI=1S/C7H11ClN4S/c1-2-3-13-7-11-5(8)4(9)6(10)12-7/h2-3,9H2,1H3,(H2,10,11,12). The third kappa shape index (κ3) is 2.63. The summed E-state index contributed by atoms with van der Waals surface area (Å²) in [5.74, 6) is 1.19. The Bertz CT molecular complexity index is 282. The summed E-state index contributed by atoms with van der Waals surface area (Å²) in [5, 5.41) is 0.810. The largest absolute Gasteiger partial charge is 0.393 e. The van der Waals surface area contributed by atoms with Crippen LogP contribution in [0.3, 0.4) is 0 Å². The highest BCUT2D eigenvalue weighted by Crippen LogP contribution is 2.25. The first-order valence-electron chi connectivity index (χ1n) is 3.86. The monoisotopic (exact) mass is 218 g/mol. The summed E-state index contributed by atoms with van der Waals surface area (Å²) < 4.78 is 0. The molecule has 0 radical (unpaired) electrons. The van der Waals surface area contributed by atoms with Crippen LogP contribution >= 0.6 is 23.4 Å². The van der Waals surface area contributed by atoms with Crippen LogP contribution in [0.25, 0.3) is 0 Å². The second kappa shape index (κ2) is 4.53. The van der Waals surface area contributed by atoms with Crippen molar-refractivity contribution >= 4 is 34.9 Å². The number of aromatic nitrogens is 2. The van der Waals surface area contributed by atoms with Crippen LogP contribution in [0, 0.1) is 0 Å². The van der Waals surface area contributed by atoms with Gasteiger partial charge in [0.25, 0.3) is 0 Å². The predicted octanol–water partition coefficient (Wildman–Crippen LogP) is 1.80. The van der Waals surface area contributed by atoms with Crippen molar-refractivity contribution in [2.75, 3.05) is 17.2 Å². The molecule has 0 aliphatic heterocycles. The van der Waals surface area contributed by atoms with Crippen molar-refractivity contribution in [3.05, 3.63) is 5.15 Å². The topological polar surface area (TPSA) is 77.8 Å². The van der Waals surface area contributed by atoms with Crippen LogP contribution < -0.4 is 11.5 Å². The zero-order valence-corrected chi connectivity index (χ0v) is 8.82. The van der Waals surface area contributed by atoms with Crippen molar-refractivity contribution in [1.82, 2.24) is 9.97 Å². The van der Waals surface area contributed by atoms with E-state index in [0.29, 0.717) is 5.16 Å². The molecular weight excluding hydrogens is 208 g/mol. The highest BCUT2D eigenvalue weighted by Gasteiger charge is 2.06. The van der Waals surface area contributed by atoms with Gasteiger partial charge >= 0.3 is 0 Å². The maximum Gasteiger partial charge on any atom is 0.191 e. The summed E-state index contributed by atoms with van der Waals surface area (Å²) in [6.07, 6.45) is 1.05. The van der Waals surface area contributed by atoms with E-state index < -0.39 is 0 Å². The predicted molar refractivity (Wildman–Crippen MR) is 56.9 cm³/mol. The van der Waals surface area contributed by atoms with Gasteiger partial charge in [-0.15, -0.1) is 0 Å². The molecule has 0 amide bonds. The van der Waals surface area contributed by atoms with Crippen LogP contribution in [-0.2, 0) is 0 Å². The van der Waals surface area contributed by atoms with Gasteiger partial charge in [0.05, 0.1) is 0 Å². The number of nitrogen functional groups attached to an aromatic ring is 2. The number of nitrogens with two attached hydrogens (primary N) is 2. The quantitative estimate of drug-likeness (QED) is 0.460. The van der Waals surface area contributed by atoms with E-state index in [2.05, 4.69) is 16.9 Å². The molecule has 0 spiro atoms. The highest BCUT2D eigenvalue weighted by molar-refractivity contribution is 7.99. The minimum Gasteiger partial charge on any atom is -0.393 e. The smallest absolute Gasteiger partial charge is 0.191 e. The lowest BCUT2D eigenvalue weighted by Crippen LogP contribution is -2.02. The highest BCUT2D eigenvalue weighted by atomic mass is 35.5. The van der Waals surface area contributed by atoms with Gasteiger partial charge in [0.1, 0.15) is 5.69 Å². The van der Waals surface area contributed by atoms with Gasteiger partial charge in [0, 0.05) is 5.75 Å². The Morgan fingerprint density at radius 2 is 2.08 bits per heavy atom. The molecule has 0 unspecified atom stereocenters. The molecule has 6 heteroatoms. The third-order valence-electron chi connectivity index (χ3n) is 1.34. The molecule has 1 rings (SSSR count). The van der Waals surface area contributed by atoms with E-state index in [1.165, 1.54) is 11.8 Å². The average molecular weight is 219 g/mol. The number of halogens is 1. The SMILES string of the molecule is CCCSc1nc(N)c(N)c(Cl)n1. The Morgan fingerprint density at radius 3 is 2.62 bits per heavy atom. The Labute approximate surface area is 86.1 Å². The maximum atomic E-state index is 5.73. The van der Waals surface area contributed by atoms with Crippen molar-refractivity contribution in [3.63, 3.8) is 0 Å². The first-order chi connectivity index (χ1) is 6.15. The molecule has 0 aromatic carbocycles. The average Bonchev–Trinajstić information content (AvgIpc) is 2.10. The molecule has 1 heterocycles. The van der Waals surface area contributed by atoms with Crippen molar-refractivity contribution in [2.45, 2.75) is 18.5 Å². The van der Waals surface area contributed by atoms with Crippen molar-refractivity contribution in [1.29, 1.82) is 0 Å². The number of hydrogen-bond donors (Lipinski definition) is 2. The number of anilines is 2. The number of hydrogen-bond acceptors (Lipinski definition) is 5.